The van der Waals surface area contributed by atoms with Crippen LogP contribution in [-0.2, 0) is 10.4 Å². The molecular weight excluding hydrogens is 388 g/mol. The molecule has 24 heavy (non-hydrogen) atoms. The Balaban J connectivity index is 2.03. The van der Waals surface area contributed by atoms with E-state index in [1.807, 2.05) is 0 Å². The van der Waals surface area contributed by atoms with Gasteiger partial charge in [0.1, 0.15) is 5.15 Å². The molecule has 1 unspecified atom stereocenters. The third-order valence-corrected chi connectivity index (χ3v) is 4.24. The maximum absolute atomic E-state index is 13.8. The number of benzene rings is 1. The zero-order valence-electron chi connectivity index (χ0n) is 11.7. The second-order valence-electron chi connectivity index (χ2n) is 5.16. The van der Waals surface area contributed by atoms with Crippen LogP contribution in [0.3, 0.4) is 0 Å². The maximum atomic E-state index is 13.8. The van der Waals surface area contributed by atoms with Gasteiger partial charge in [0.25, 0.3) is 5.60 Å². The zero-order valence-corrected chi connectivity index (χ0v) is 14.0. The molecule has 1 atom stereocenters. The minimum atomic E-state index is -4.73. The summed E-state index contributed by atoms with van der Waals surface area (Å²) < 4.78 is 41.4. The maximum Gasteiger partial charge on any atom is 0.435 e. The van der Waals surface area contributed by atoms with Crippen LogP contribution < -0.4 is 0 Å². The second kappa shape index (κ2) is 6.10. The number of aromatic nitrogens is 1. The quantitative estimate of drug-likeness (QED) is 0.618. The molecule has 3 nitrogen and oxygen atoms in total. The molecule has 0 bridgehead atoms. The van der Waals surface area contributed by atoms with Gasteiger partial charge in [-0.05, 0) is 30.3 Å². The first kappa shape index (κ1) is 17.3. The standard InChI is InChI=1S/C15H8Cl3F3N2O/c16-10-3-9(4-11(17)5-10)14(15(19,20)21)6-12(23-24-14)8-1-2-13(18)22-7-8/h1-5,7H,6H2. The molecule has 1 aliphatic rings. The number of hydrogen-bond acceptors (Lipinski definition) is 3. The number of halogens is 6. The molecule has 0 radical (unpaired) electrons. The Morgan fingerprint density at radius 1 is 1.04 bits per heavy atom. The van der Waals surface area contributed by atoms with Gasteiger partial charge >= 0.3 is 6.18 Å². The molecule has 0 saturated carbocycles. The first-order valence-electron chi connectivity index (χ1n) is 6.61. The van der Waals surface area contributed by atoms with Crippen molar-refractivity contribution in [3.8, 4) is 0 Å². The normalized spacial score (nSPS) is 20.7. The van der Waals surface area contributed by atoms with Crippen molar-refractivity contribution >= 4 is 40.5 Å². The molecule has 9 heteroatoms. The fourth-order valence-corrected chi connectivity index (χ4v) is 3.03. The monoisotopic (exact) mass is 394 g/mol. The van der Waals surface area contributed by atoms with Gasteiger partial charge in [0.05, 0.1) is 12.1 Å². The van der Waals surface area contributed by atoms with Crippen molar-refractivity contribution in [2.45, 2.75) is 18.2 Å². The van der Waals surface area contributed by atoms with E-state index in [1.165, 1.54) is 36.5 Å². The fraction of sp³-hybridized carbons (Fsp3) is 0.200. The molecule has 0 saturated heterocycles. The van der Waals surface area contributed by atoms with Crippen molar-refractivity contribution in [2.75, 3.05) is 0 Å². The van der Waals surface area contributed by atoms with E-state index < -0.39 is 18.2 Å². The average Bonchev–Trinajstić information content (AvgIpc) is 2.93. The topological polar surface area (TPSA) is 34.5 Å². The van der Waals surface area contributed by atoms with Crippen LogP contribution in [0.2, 0.25) is 15.2 Å². The van der Waals surface area contributed by atoms with Crippen LogP contribution in [0.15, 0.2) is 41.7 Å². The summed E-state index contributed by atoms with van der Waals surface area (Å²) in [5.41, 5.74) is -2.38. The minimum Gasteiger partial charge on any atom is -0.374 e. The van der Waals surface area contributed by atoms with Gasteiger partial charge in [-0.15, -0.1) is 0 Å². The molecule has 2 aromatic rings. The van der Waals surface area contributed by atoms with Crippen molar-refractivity contribution < 1.29 is 18.0 Å². The minimum absolute atomic E-state index is 0.0753. The number of rotatable bonds is 2. The van der Waals surface area contributed by atoms with Crippen molar-refractivity contribution in [3.05, 3.63) is 62.9 Å². The summed E-state index contributed by atoms with van der Waals surface area (Å²) in [5.74, 6) is 0. The lowest BCUT2D eigenvalue weighted by Gasteiger charge is -2.29. The molecule has 0 aliphatic carbocycles. The Morgan fingerprint density at radius 2 is 1.71 bits per heavy atom. The van der Waals surface area contributed by atoms with Crippen molar-refractivity contribution in [1.29, 1.82) is 0 Å². The molecule has 0 N–H and O–H groups in total. The number of alkyl halides is 3. The molecule has 1 aromatic heterocycles. The van der Waals surface area contributed by atoms with Gasteiger partial charge < -0.3 is 4.84 Å². The van der Waals surface area contributed by atoms with Gasteiger partial charge in [-0.2, -0.15) is 13.2 Å². The van der Waals surface area contributed by atoms with E-state index in [-0.39, 0.29) is 26.5 Å². The molecule has 1 aromatic carbocycles. The van der Waals surface area contributed by atoms with Crippen LogP contribution in [0.1, 0.15) is 17.5 Å². The van der Waals surface area contributed by atoms with Crippen molar-refractivity contribution in [1.82, 2.24) is 4.98 Å². The Labute approximate surface area is 150 Å². The summed E-state index contributed by atoms with van der Waals surface area (Å²) in [6, 6.07) is 6.66. The molecule has 0 spiro atoms. The second-order valence-corrected chi connectivity index (χ2v) is 6.42. The Bertz CT molecular complexity index is 788. The summed E-state index contributed by atoms with van der Waals surface area (Å²) in [4.78, 5) is 8.72. The van der Waals surface area contributed by atoms with Crippen LogP contribution in [-0.4, -0.2) is 16.9 Å². The van der Waals surface area contributed by atoms with Gasteiger partial charge in [0.2, 0.25) is 0 Å². The smallest absolute Gasteiger partial charge is 0.374 e. The predicted molar refractivity (Wildman–Crippen MR) is 85.7 cm³/mol. The molecular formula is C15H8Cl3F3N2O. The van der Waals surface area contributed by atoms with Crippen molar-refractivity contribution in [2.24, 2.45) is 5.16 Å². The largest absolute Gasteiger partial charge is 0.435 e. The number of oxime groups is 1. The lowest BCUT2D eigenvalue weighted by Crippen LogP contribution is -2.42. The van der Waals surface area contributed by atoms with Gasteiger partial charge in [0.15, 0.2) is 0 Å². The lowest BCUT2D eigenvalue weighted by atomic mass is 9.87. The summed E-state index contributed by atoms with van der Waals surface area (Å²) in [6.07, 6.45) is -3.93. The van der Waals surface area contributed by atoms with Crippen LogP contribution in [0, 0.1) is 0 Å². The summed E-state index contributed by atoms with van der Waals surface area (Å²) in [6.45, 7) is 0. The highest BCUT2D eigenvalue weighted by Crippen LogP contribution is 2.49. The van der Waals surface area contributed by atoms with Crippen LogP contribution >= 0.6 is 34.8 Å². The fourth-order valence-electron chi connectivity index (χ4n) is 2.39. The van der Waals surface area contributed by atoms with Gasteiger partial charge in [0, 0.05) is 27.4 Å². The van der Waals surface area contributed by atoms with Crippen LogP contribution in [0.4, 0.5) is 13.2 Å². The van der Waals surface area contributed by atoms with E-state index in [0.717, 1.165) is 0 Å². The number of nitrogens with zero attached hydrogens (tertiary/aromatic N) is 2. The summed E-state index contributed by atoms with van der Waals surface area (Å²) in [7, 11) is 0. The molecule has 0 amide bonds. The highest BCUT2D eigenvalue weighted by atomic mass is 35.5. The van der Waals surface area contributed by atoms with Gasteiger partial charge in [-0.3, -0.25) is 0 Å². The number of hydrogen-bond donors (Lipinski definition) is 0. The van der Waals surface area contributed by atoms with E-state index >= 15 is 0 Å². The molecule has 2 heterocycles. The first-order chi connectivity index (χ1) is 11.2. The van der Waals surface area contributed by atoms with Gasteiger partial charge in [-0.1, -0.05) is 40.0 Å². The predicted octanol–water partition coefficient (Wildman–Crippen LogP) is 5.62. The third-order valence-electron chi connectivity index (χ3n) is 3.58. The highest BCUT2D eigenvalue weighted by molar-refractivity contribution is 6.34. The van der Waals surface area contributed by atoms with E-state index in [1.54, 1.807) is 0 Å². The summed E-state index contributed by atoms with van der Waals surface area (Å²) in [5, 5.41) is 3.99. The van der Waals surface area contributed by atoms with Crippen LogP contribution in [0.5, 0.6) is 0 Å². The Kier molecular flexibility index (Phi) is 4.40. The third kappa shape index (κ3) is 3.06. The number of pyridine rings is 1. The SMILES string of the molecule is FC(F)(F)C1(c2cc(Cl)cc(Cl)c2)CC(c2ccc(Cl)nc2)=NO1. The van der Waals surface area contributed by atoms with E-state index in [0.29, 0.717) is 5.56 Å². The Morgan fingerprint density at radius 3 is 2.25 bits per heavy atom. The summed E-state index contributed by atoms with van der Waals surface area (Å²) >= 11 is 17.4. The molecule has 126 valence electrons. The van der Waals surface area contributed by atoms with E-state index in [9.17, 15) is 13.2 Å². The molecule has 3 rings (SSSR count). The van der Waals surface area contributed by atoms with Gasteiger partial charge in [-0.25, -0.2) is 4.98 Å². The Hall–Kier alpha value is -1.50. The zero-order chi connectivity index (χ0) is 17.5. The first-order valence-corrected chi connectivity index (χ1v) is 7.75. The van der Waals surface area contributed by atoms with E-state index in [2.05, 4.69) is 10.1 Å². The highest BCUT2D eigenvalue weighted by Gasteiger charge is 2.62. The molecule has 0 fully saturated rings. The van der Waals surface area contributed by atoms with Crippen LogP contribution in [0.25, 0.3) is 0 Å². The van der Waals surface area contributed by atoms with E-state index in [4.69, 9.17) is 39.6 Å². The average molecular weight is 396 g/mol. The lowest BCUT2D eigenvalue weighted by molar-refractivity contribution is -0.275. The molecule has 1 aliphatic heterocycles. The van der Waals surface area contributed by atoms with Crippen molar-refractivity contribution in [3.63, 3.8) is 0 Å².